The van der Waals surface area contributed by atoms with Crippen molar-refractivity contribution in [2.45, 2.75) is 26.2 Å². The van der Waals surface area contributed by atoms with Crippen LogP contribution >= 0.6 is 0 Å². The van der Waals surface area contributed by atoms with Crippen molar-refractivity contribution >= 4 is 15.7 Å². The van der Waals surface area contributed by atoms with Crippen LogP contribution in [-0.2, 0) is 15.4 Å². The molecule has 0 saturated heterocycles. The summed E-state index contributed by atoms with van der Waals surface area (Å²) in [4.78, 5) is 0. The summed E-state index contributed by atoms with van der Waals surface area (Å²) in [6.45, 7) is 5.75. The van der Waals surface area contributed by atoms with Crippen molar-refractivity contribution in [2.24, 2.45) is 0 Å². The number of halogens is 1. The molecule has 0 heterocycles. The summed E-state index contributed by atoms with van der Waals surface area (Å²) in [7, 11) is -2.19. The molecule has 1 rings (SSSR count). The van der Waals surface area contributed by atoms with Gasteiger partial charge in [0.1, 0.15) is 0 Å². The molecule has 4 nitrogen and oxygen atoms in total. The van der Waals surface area contributed by atoms with Crippen molar-refractivity contribution in [3.8, 4) is 5.75 Å². The van der Waals surface area contributed by atoms with E-state index in [1.54, 1.807) is 6.07 Å². The summed E-state index contributed by atoms with van der Waals surface area (Å²) >= 11 is 0. The van der Waals surface area contributed by atoms with E-state index in [2.05, 4.69) is 4.72 Å². The monoisotopic (exact) mass is 275 g/mol. The smallest absolute Gasteiger partial charge is 0.229 e. The van der Waals surface area contributed by atoms with Crippen LogP contribution in [0.15, 0.2) is 12.1 Å². The third kappa shape index (κ3) is 3.60. The second-order valence-corrected chi connectivity index (χ2v) is 6.91. The van der Waals surface area contributed by atoms with Crippen LogP contribution in [0.5, 0.6) is 5.75 Å². The van der Waals surface area contributed by atoms with Gasteiger partial charge in [0.15, 0.2) is 11.6 Å². The lowest BCUT2D eigenvalue weighted by Crippen LogP contribution is -2.15. The first-order valence-electron chi connectivity index (χ1n) is 5.40. The average molecular weight is 275 g/mol. The van der Waals surface area contributed by atoms with E-state index in [-0.39, 0.29) is 16.9 Å². The second-order valence-electron chi connectivity index (χ2n) is 5.16. The Morgan fingerprint density at radius 3 is 2.22 bits per heavy atom. The van der Waals surface area contributed by atoms with E-state index in [0.29, 0.717) is 5.56 Å². The molecule has 0 aliphatic heterocycles. The molecular weight excluding hydrogens is 257 g/mol. The average Bonchev–Trinajstić information content (AvgIpc) is 2.13. The van der Waals surface area contributed by atoms with Crippen LogP contribution in [-0.4, -0.2) is 21.8 Å². The van der Waals surface area contributed by atoms with Crippen molar-refractivity contribution in [3.63, 3.8) is 0 Å². The fourth-order valence-corrected chi connectivity index (χ4v) is 2.06. The highest BCUT2D eigenvalue weighted by Crippen LogP contribution is 2.34. The van der Waals surface area contributed by atoms with Crippen molar-refractivity contribution in [3.05, 3.63) is 23.5 Å². The Morgan fingerprint density at radius 1 is 1.28 bits per heavy atom. The summed E-state index contributed by atoms with van der Waals surface area (Å²) in [5.74, 6) is -0.690. The Hall–Kier alpha value is -1.30. The standard InChI is InChI=1S/C12H18FNO3S/c1-12(2,3)8-6-9(13)11(17-4)10(7-8)14-18(5,15)16/h6-7,14H,1-5H3. The molecule has 0 spiro atoms. The highest BCUT2D eigenvalue weighted by Gasteiger charge is 2.20. The molecule has 1 aromatic rings. The largest absolute Gasteiger partial charge is 0.492 e. The predicted molar refractivity (Wildman–Crippen MR) is 70.1 cm³/mol. The molecule has 0 amide bonds. The number of hydrogen-bond donors (Lipinski definition) is 1. The molecule has 0 radical (unpaired) electrons. The van der Waals surface area contributed by atoms with Gasteiger partial charge in [-0.1, -0.05) is 20.8 Å². The number of nitrogens with one attached hydrogen (secondary N) is 1. The molecular formula is C12H18FNO3S. The Bertz CT molecular complexity index is 547. The number of benzene rings is 1. The molecule has 1 aromatic carbocycles. The van der Waals surface area contributed by atoms with E-state index in [1.165, 1.54) is 13.2 Å². The maximum absolute atomic E-state index is 13.9. The number of methoxy groups -OCH3 is 1. The Labute approximate surface area is 107 Å². The summed E-state index contributed by atoms with van der Waals surface area (Å²) < 4.78 is 43.5. The summed E-state index contributed by atoms with van der Waals surface area (Å²) in [5, 5.41) is 0. The lowest BCUT2D eigenvalue weighted by molar-refractivity contribution is 0.387. The highest BCUT2D eigenvalue weighted by atomic mass is 32.2. The second kappa shape index (κ2) is 4.76. The van der Waals surface area contributed by atoms with Crippen molar-refractivity contribution < 1.29 is 17.5 Å². The van der Waals surface area contributed by atoms with E-state index in [0.717, 1.165) is 6.26 Å². The Kier molecular flexibility index (Phi) is 3.90. The van der Waals surface area contributed by atoms with Gasteiger partial charge in [-0.05, 0) is 23.1 Å². The van der Waals surface area contributed by atoms with Gasteiger partial charge in [-0.2, -0.15) is 0 Å². The minimum atomic E-state index is -3.49. The fraction of sp³-hybridized carbons (Fsp3) is 0.500. The number of hydrogen-bond acceptors (Lipinski definition) is 3. The van der Waals surface area contributed by atoms with Gasteiger partial charge in [-0.3, -0.25) is 4.72 Å². The van der Waals surface area contributed by atoms with Crippen LogP contribution in [0, 0.1) is 5.82 Å². The number of anilines is 1. The van der Waals surface area contributed by atoms with Crippen molar-refractivity contribution in [2.75, 3.05) is 18.1 Å². The molecule has 0 fully saturated rings. The lowest BCUT2D eigenvalue weighted by atomic mass is 9.86. The maximum atomic E-state index is 13.9. The van der Waals surface area contributed by atoms with E-state index in [1.807, 2.05) is 20.8 Å². The highest BCUT2D eigenvalue weighted by molar-refractivity contribution is 7.92. The predicted octanol–water partition coefficient (Wildman–Crippen LogP) is 2.50. The van der Waals surface area contributed by atoms with Gasteiger partial charge >= 0.3 is 0 Å². The normalized spacial score (nSPS) is 12.3. The lowest BCUT2D eigenvalue weighted by Gasteiger charge is -2.21. The van der Waals surface area contributed by atoms with Gasteiger partial charge in [-0.15, -0.1) is 0 Å². The van der Waals surface area contributed by atoms with E-state index in [9.17, 15) is 12.8 Å². The summed E-state index contributed by atoms with van der Waals surface area (Å²) in [6.07, 6.45) is 1.01. The van der Waals surface area contributed by atoms with Gasteiger partial charge in [-0.25, -0.2) is 12.8 Å². The quantitative estimate of drug-likeness (QED) is 0.922. The minimum Gasteiger partial charge on any atom is -0.492 e. The molecule has 0 atom stereocenters. The van der Waals surface area contributed by atoms with Crippen LogP contribution in [0.4, 0.5) is 10.1 Å². The summed E-state index contributed by atoms with van der Waals surface area (Å²) in [5.41, 5.74) is 0.512. The Balaban J connectivity index is 3.42. The molecule has 1 N–H and O–H groups in total. The van der Waals surface area contributed by atoms with E-state index >= 15 is 0 Å². The zero-order valence-electron chi connectivity index (χ0n) is 11.2. The van der Waals surface area contributed by atoms with Gasteiger partial charge in [0, 0.05) is 0 Å². The molecule has 0 bridgehead atoms. The number of sulfonamides is 1. The number of ether oxygens (including phenoxy) is 1. The van der Waals surface area contributed by atoms with E-state index in [4.69, 9.17) is 4.74 Å². The van der Waals surface area contributed by atoms with Crippen LogP contribution in [0.25, 0.3) is 0 Å². The molecule has 0 aliphatic carbocycles. The first-order chi connectivity index (χ1) is 8.04. The molecule has 0 aromatic heterocycles. The van der Waals surface area contributed by atoms with Gasteiger partial charge in [0.25, 0.3) is 0 Å². The molecule has 0 aliphatic rings. The first-order valence-corrected chi connectivity index (χ1v) is 7.29. The Morgan fingerprint density at radius 2 is 1.83 bits per heavy atom. The van der Waals surface area contributed by atoms with Crippen molar-refractivity contribution in [1.29, 1.82) is 0 Å². The van der Waals surface area contributed by atoms with Crippen LogP contribution in [0.1, 0.15) is 26.3 Å². The summed E-state index contributed by atoms with van der Waals surface area (Å²) in [6, 6.07) is 2.94. The SMILES string of the molecule is COc1c(F)cc(C(C)(C)C)cc1NS(C)(=O)=O. The van der Waals surface area contributed by atoms with Gasteiger partial charge < -0.3 is 4.74 Å². The molecule has 18 heavy (non-hydrogen) atoms. The zero-order valence-corrected chi connectivity index (χ0v) is 12.0. The van der Waals surface area contributed by atoms with E-state index < -0.39 is 15.8 Å². The van der Waals surface area contributed by atoms with Crippen LogP contribution in [0.3, 0.4) is 0 Å². The molecule has 102 valence electrons. The van der Waals surface area contributed by atoms with Crippen molar-refractivity contribution in [1.82, 2.24) is 0 Å². The van der Waals surface area contributed by atoms with Crippen LogP contribution < -0.4 is 9.46 Å². The maximum Gasteiger partial charge on any atom is 0.229 e. The third-order valence-electron chi connectivity index (χ3n) is 2.41. The topological polar surface area (TPSA) is 55.4 Å². The van der Waals surface area contributed by atoms with Gasteiger partial charge in [0.05, 0.1) is 19.1 Å². The van der Waals surface area contributed by atoms with Crippen LogP contribution in [0.2, 0.25) is 0 Å². The minimum absolute atomic E-state index is 0.103. The number of rotatable bonds is 3. The third-order valence-corrected chi connectivity index (χ3v) is 3.00. The van der Waals surface area contributed by atoms with Gasteiger partial charge in [0.2, 0.25) is 10.0 Å². The fourth-order valence-electron chi connectivity index (χ4n) is 1.51. The molecule has 0 saturated carbocycles. The molecule has 0 unspecified atom stereocenters. The zero-order chi connectivity index (χ0) is 14.1. The first kappa shape index (κ1) is 14.8. The molecule has 6 heteroatoms.